The summed E-state index contributed by atoms with van der Waals surface area (Å²) in [5.74, 6) is 0.261. The highest BCUT2D eigenvalue weighted by Crippen LogP contribution is 2.05. The van der Waals surface area contributed by atoms with Crippen molar-refractivity contribution in [3.8, 4) is 0 Å². The predicted octanol–water partition coefficient (Wildman–Crippen LogP) is 1.10. The second-order valence-electron chi connectivity index (χ2n) is 2.88. The van der Waals surface area contributed by atoms with E-state index < -0.39 is 6.10 Å². The zero-order valence-electron chi connectivity index (χ0n) is 7.29. The number of alkyl halides is 1. The van der Waals surface area contributed by atoms with Gasteiger partial charge in [0.05, 0.1) is 30.5 Å². The molecule has 1 unspecified atom stereocenters. The van der Waals surface area contributed by atoms with E-state index in [0.29, 0.717) is 6.54 Å². The van der Waals surface area contributed by atoms with Crippen molar-refractivity contribution in [2.45, 2.75) is 26.5 Å². The van der Waals surface area contributed by atoms with Crippen LogP contribution in [0.3, 0.4) is 0 Å². The SMILES string of the molecule is Cc1ncn(CC(O)CCl)c1C. The van der Waals surface area contributed by atoms with E-state index in [9.17, 15) is 5.11 Å². The molecule has 1 N–H and O–H groups in total. The first kappa shape index (κ1) is 9.55. The van der Waals surface area contributed by atoms with Crippen LogP contribution < -0.4 is 0 Å². The van der Waals surface area contributed by atoms with Crippen LogP contribution in [0.2, 0.25) is 0 Å². The van der Waals surface area contributed by atoms with Crippen molar-refractivity contribution >= 4 is 11.6 Å². The normalized spacial score (nSPS) is 13.3. The van der Waals surface area contributed by atoms with Gasteiger partial charge in [0.15, 0.2) is 0 Å². The summed E-state index contributed by atoms with van der Waals surface area (Å²) >= 11 is 5.48. The van der Waals surface area contributed by atoms with Crippen LogP contribution in [0, 0.1) is 13.8 Å². The fraction of sp³-hybridized carbons (Fsp3) is 0.625. The van der Waals surface area contributed by atoms with Gasteiger partial charge in [-0.2, -0.15) is 0 Å². The first-order valence-electron chi connectivity index (χ1n) is 3.87. The molecule has 0 aliphatic heterocycles. The lowest BCUT2D eigenvalue weighted by molar-refractivity contribution is 0.176. The van der Waals surface area contributed by atoms with Crippen LogP contribution in [0.4, 0.5) is 0 Å². The Labute approximate surface area is 77.0 Å². The fourth-order valence-corrected chi connectivity index (χ4v) is 1.10. The zero-order valence-corrected chi connectivity index (χ0v) is 8.04. The number of halogens is 1. The summed E-state index contributed by atoms with van der Waals surface area (Å²) in [6, 6.07) is 0. The van der Waals surface area contributed by atoms with E-state index in [1.165, 1.54) is 0 Å². The maximum Gasteiger partial charge on any atom is 0.0952 e. The first-order chi connectivity index (χ1) is 5.65. The van der Waals surface area contributed by atoms with Crippen molar-refractivity contribution in [1.29, 1.82) is 0 Å². The quantitative estimate of drug-likeness (QED) is 0.722. The molecular weight excluding hydrogens is 176 g/mol. The highest BCUT2D eigenvalue weighted by Gasteiger charge is 2.06. The van der Waals surface area contributed by atoms with E-state index in [1.807, 2.05) is 18.4 Å². The molecular formula is C8H13ClN2O. The van der Waals surface area contributed by atoms with E-state index in [2.05, 4.69) is 4.98 Å². The van der Waals surface area contributed by atoms with Gasteiger partial charge in [0.25, 0.3) is 0 Å². The minimum Gasteiger partial charge on any atom is -0.390 e. The Bertz CT molecular complexity index is 260. The summed E-state index contributed by atoms with van der Waals surface area (Å²) in [7, 11) is 0. The van der Waals surface area contributed by atoms with E-state index in [1.54, 1.807) is 6.33 Å². The molecule has 0 fully saturated rings. The molecule has 12 heavy (non-hydrogen) atoms. The number of aliphatic hydroxyl groups is 1. The van der Waals surface area contributed by atoms with Crippen LogP contribution in [0.25, 0.3) is 0 Å². The monoisotopic (exact) mass is 188 g/mol. The molecule has 1 atom stereocenters. The largest absolute Gasteiger partial charge is 0.390 e. The van der Waals surface area contributed by atoms with E-state index in [0.717, 1.165) is 11.4 Å². The molecule has 1 rings (SSSR count). The fourth-order valence-electron chi connectivity index (χ4n) is 1.00. The number of imidazole rings is 1. The molecule has 0 bridgehead atoms. The Morgan fingerprint density at radius 2 is 2.33 bits per heavy atom. The molecule has 1 heterocycles. The first-order valence-corrected chi connectivity index (χ1v) is 4.41. The molecule has 0 saturated heterocycles. The zero-order chi connectivity index (χ0) is 9.14. The van der Waals surface area contributed by atoms with Crippen LogP contribution in [0.5, 0.6) is 0 Å². The minimum atomic E-state index is -0.487. The van der Waals surface area contributed by atoms with Crippen LogP contribution in [0.1, 0.15) is 11.4 Å². The number of hydrogen-bond donors (Lipinski definition) is 1. The van der Waals surface area contributed by atoms with E-state index in [4.69, 9.17) is 11.6 Å². The molecule has 0 radical (unpaired) electrons. The molecule has 4 heteroatoms. The Kier molecular flexibility index (Phi) is 3.12. The molecule has 0 amide bonds. The summed E-state index contributed by atoms with van der Waals surface area (Å²) in [6.07, 6.45) is 1.24. The average Bonchev–Trinajstić information content (AvgIpc) is 2.36. The number of rotatable bonds is 3. The predicted molar refractivity (Wildman–Crippen MR) is 48.4 cm³/mol. The highest BCUT2D eigenvalue weighted by atomic mass is 35.5. The van der Waals surface area contributed by atoms with Crippen molar-refractivity contribution in [3.63, 3.8) is 0 Å². The number of hydrogen-bond acceptors (Lipinski definition) is 2. The molecule has 0 aliphatic rings. The number of aryl methyl sites for hydroxylation is 1. The second-order valence-corrected chi connectivity index (χ2v) is 3.18. The Morgan fingerprint density at radius 1 is 1.67 bits per heavy atom. The molecule has 0 spiro atoms. The van der Waals surface area contributed by atoms with Crippen molar-refractivity contribution in [1.82, 2.24) is 9.55 Å². The van der Waals surface area contributed by atoms with Crippen molar-refractivity contribution < 1.29 is 5.11 Å². The maximum atomic E-state index is 9.26. The van der Waals surface area contributed by atoms with Gasteiger partial charge in [-0.3, -0.25) is 0 Å². The van der Waals surface area contributed by atoms with Crippen LogP contribution in [0.15, 0.2) is 6.33 Å². The average molecular weight is 189 g/mol. The number of aromatic nitrogens is 2. The molecule has 68 valence electrons. The summed E-state index contributed by atoms with van der Waals surface area (Å²) < 4.78 is 1.91. The third-order valence-corrected chi connectivity index (χ3v) is 2.29. The smallest absolute Gasteiger partial charge is 0.0952 e. The third-order valence-electron chi connectivity index (χ3n) is 1.93. The van der Waals surface area contributed by atoms with Crippen molar-refractivity contribution in [2.24, 2.45) is 0 Å². The van der Waals surface area contributed by atoms with Gasteiger partial charge in [0.2, 0.25) is 0 Å². The molecule has 0 aromatic carbocycles. The molecule has 3 nitrogen and oxygen atoms in total. The second kappa shape index (κ2) is 3.92. The third kappa shape index (κ3) is 1.99. The maximum absolute atomic E-state index is 9.26. The Balaban J connectivity index is 2.69. The van der Waals surface area contributed by atoms with E-state index >= 15 is 0 Å². The highest BCUT2D eigenvalue weighted by molar-refractivity contribution is 6.18. The van der Waals surface area contributed by atoms with E-state index in [-0.39, 0.29) is 5.88 Å². The van der Waals surface area contributed by atoms with Gasteiger partial charge in [-0.25, -0.2) is 4.98 Å². The Morgan fingerprint density at radius 3 is 2.75 bits per heavy atom. The summed E-state index contributed by atoms with van der Waals surface area (Å²) in [6.45, 7) is 4.44. The molecule has 1 aromatic heterocycles. The number of nitrogens with zero attached hydrogens (tertiary/aromatic N) is 2. The van der Waals surface area contributed by atoms with Crippen LogP contribution in [-0.2, 0) is 6.54 Å². The van der Waals surface area contributed by atoms with Gasteiger partial charge in [0, 0.05) is 5.69 Å². The number of aliphatic hydroxyl groups excluding tert-OH is 1. The molecule has 1 aromatic rings. The van der Waals surface area contributed by atoms with Gasteiger partial charge in [-0.15, -0.1) is 11.6 Å². The van der Waals surface area contributed by atoms with Gasteiger partial charge < -0.3 is 9.67 Å². The van der Waals surface area contributed by atoms with Gasteiger partial charge in [-0.05, 0) is 13.8 Å². The summed E-state index contributed by atoms with van der Waals surface area (Å²) in [5.41, 5.74) is 2.08. The summed E-state index contributed by atoms with van der Waals surface area (Å²) in [4.78, 5) is 4.11. The van der Waals surface area contributed by atoms with Crippen LogP contribution in [-0.4, -0.2) is 26.6 Å². The standard InChI is InChI=1S/C8H13ClN2O/c1-6-7(2)11(5-10-6)4-8(12)3-9/h5,8,12H,3-4H2,1-2H3. The van der Waals surface area contributed by atoms with Gasteiger partial charge >= 0.3 is 0 Å². The van der Waals surface area contributed by atoms with Crippen molar-refractivity contribution in [3.05, 3.63) is 17.7 Å². The van der Waals surface area contributed by atoms with Crippen LogP contribution >= 0.6 is 11.6 Å². The lowest BCUT2D eigenvalue weighted by atomic mass is 10.3. The van der Waals surface area contributed by atoms with Gasteiger partial charge in [0.1, 0.15) is 0 Å². The Hall–Kier alpha value is -0.540. The molecule has 0 saturated carbocycles. The topological polar surface area (TPSA) is 38.0 Å². The molecule has 0 aliphatic carbocycles. The lowest BCUT2D eigenvalue weighted by Crippen LogP contribution is -2.17. The lowest BCUT2D eigenvalue weighted by Gasteiger charge is -2.08. The minimum absolute atomic E-state index is 0.261. The van der Waals surface area contributed by atoms with Crippen molar-refractivity contribution in [2.75, 3.05) is 5.88 Å². The van der Waals surface area contributed by atoms with Gasteiger partial charge in [-0.1, -0.05) is 0 Å². The summed E-state index contributed by atoms with van der Waals surface area (Å²) in [5, 5.41) is 9.26.